The first-order valence-electron chi connectivity index (χ1n) is 8.96. The molecule has 1 N–H and O–H groups in total. The Morgan fingerprint density at radius 2 is 1.96 bits per heavy atom. The van der Waals surface area contributed by atoms with Crippen LogP contribution in [0.2, 0.25) is 0 Å². The van der Waals surface area contributed by atoms with E-state index in [9.17, 15) is 9.18 Å². The molecule has 1 saturated heterocycles. The van der Waals surface area contributed by atoms with Crippen molar-refractivity contribution in [1.29, 1.82) is 0 Å². The van der Waals surface area contributed by atoms with Gasteiger partial charge < -0.3 is 4.74 Å². The fourth-order valence-corrected chi connectivity index (χ4v) is 2.09. The summed E-state index contributed by atoms with van der Waals surface area (Å²) in [6.45, 7) is 5.05. The Morgan fingerprint density at radius 3 is 2.54 bits per heavy atom. The lowest BCUT2D eigenvalue weighted by atomic mass is 10.1. The number of unbranched alkanes of at least 4 members (excludes halogenated alkanes) is 1. The molecule has 0 bridgehead atoms. The van der Waals surface area contributed by atoms with E-state index >= 15 is 0 Å². The average Bonchev–Trinajstić information content (AvgIpc) is 2.63. The van der Waals surface area contributed by atoms with Crippen molar-refractivity contribution in [2.75, 3.05) is 6.61 Å². The van der Waals surface area contributed by atoms with Gasteiger partial charge in [-0.1, -0.05) is 38.8 Å². The Kier molecular flexibility index (Phi) is 11.1. The summed E-state index contributed by atoms with van der Waals surface area (Å²) in [5, 5.41) is 0. The zero-order valence-corrected chi connectivity index (χ0v) is 14.9. The van der Waals surface area contributed by atoms with E-state index in [1.807, 2.05) is 0 Å². The molecule has 1 unspecified atom stereocenters. The van der Waals surface area contributed by atoms with Crippen molar-refractivity contribution >= 4 is 5.91 Å². The third kappa shape index (κ3) is 9.63. The number of halogens is 1. The molecule has 1 heterocycles. The van der Waals surface area contributed by atoms with Gasteiger partial charge in [0.05, 0.1) is 0 Å². The predicted octanol–water partition coefficient (Wildman–Crippen LogP) is 4.53. The van der Waals surface area contributed by atoms with Gasteiger partial charge in [0.15, 0.2) is 6.29 Å². The van der Waals surface area contributed by atoms with Crippen molar-refractivity contribution < 1.29 is 18.8 Å². The Bertz CT molecular complexity index is 442. The second kappa shape index (κ2) is 12.9. The highest BCUT2D eigenvalue weighted by Gasteiger charge is 2.15. The van der Waals surface area contributed by atoms with Crippen LogP contribution in [0.5, 0.6) is 0 Å². The number of hydrogen-bond donors (Lipinski definition) is 1. The van der Waals surface area contributed by atoms with Crippen molar-refractivity contribution in [3.05, 3.63) is 35.6 Å². The van der Waals surface area contributed by atoms with Crippen LogP contribution in [0.15, 0.2) is 24.3 Å². The van der Waals surface area contributed by atoms with E-state index in [-0.39, 0.29) is 18.0 Å². The molecule has 1 aromatic carbocycles. The maximum absolute atomic E-state index is 12.7. The van der Waals surface area contributed by atoms with Crippen molar-refractivity contribution in [2.24, 2.45) is 0 Å². The molecule has 0 spiro atoms. The second-order valence-corrected chi connectivity index (χ2v) is 5.92. The Morgan fingerprint density at radius 1 is 1.25 bits per heavy atom. The van der Waals surface area contributed by atoms with Gasteiger partial charge in [0.25, 0.3) is 0 Å². The number of rotatable bonds is 7. The number of ether oxygens (including phenoxy) is 1. The lowest BCUT2D eigenvalue weighted by molar-refractivity contribution is -0.200. The van der Waals surface area contributed by atoms with E-state index in [2.05, 4.69) is 19.3 Å². The summed E-state index contributed by atoms with van der Waals surface area (Å²) in [5.74, 6) is -0.395. The summed E-state index contributed by atoms with van der Waals surface area (Å²) < 4.78 is 18.1. The molecule has 0 aromatic heterocycles. The molecule has 136 valence electrons. The van der Waals surface area contributed by atoms with E-state index in [4.69, 9.17) is 9.57 Å². The van der Waals surface area contributed by atoms with Crippen LogP contribution in [0.25, 0.3) is 0 Å². The van der Waals surface area contributed by atoms with Crippen molar-refractivity contribution in [1.82, 2.24) is 5.48 Å². The van der Waals surface area contributed by atoms with Gasteiger partial charge in [0, 0.05) is 19.4 Å². The maximum Gasteiger partial charge on any atom is 0.243 e. The van der Waals surface area contributed by atoms with Crippen molar-refractivity contribution in [3.8, 4) is 0 Å². The fraction of sp³-hybridized carbons (Fsp3) is 0.632. The summed E-state index contributed by atoms with van der Waals surface area (Å²) in [4.78, 5) is 16.8. The highest BCUT2D eigenvalue weighted by molar-refractivity contribution is 5.74. The number of carbonyl (C=O) groups excluding carboxylic acids is 1. The van der Waals surface area contributed by atoms with Gasteiger partial charge in [0.2, 0.25) is 5.91 Å². The van der Waals surface area contributed by atoms with Gasteiger partial charge >= 0.3 is 0 Å². The van der Waals surface area contributed by atoms with Gasteiger partial charge in [-0.25, -0.2) is 14.7 Å². The predicted molar refractivity (Wildman–Crippen MR) is 92.7 cm³/mol. The van der Waals surface area contributed by atoms with Gasteiger partial charge in [0.1, 0.15) is 5.82 Å². The molecule has 0 radical (unpaired) electrons. The van der Waals surface area contributed by atoms with Gasteiger partial charge in [-0.05, 0) is 43.4 Å². The standard InChI is InChI=1S/C15H20FNO3.C4H10/c16-13-9-7-12(8-10-13)4-3-5-14(18)17-20-15-6-1-2-11-19-15;1-3-4-2/h7-10,15H,1-6,11H2,(H,17,18);3-4H2,1-2H3. The summed E-state index contributed by atoms with van der Waals surface area (Å²) in [6.07, 6.45) is 7.07. The molecule has 1 atom stereocenters. The van der Waals surface area contributed by atoms with Crippen LogP contribution >= 0.6 is 0 Å². The maximum atomic E-state index is 12.7. The topological polar surface area (TPSA) is 47.6 Å². The highest BCUT2D eigenvalue weighted by atomic mass is 19.1. The molecule has 4 nitrogen and oxygen atoms in total. The summed E-state index contributed by atoms with van der Waals surface area (Å²) in [6, 6.07) is 6.33. The summed E-state index contributed by atoms with van der Waals surface area (Å²) >= 11 is 0. The minimum absolute atomic E-state index is 0.152. The first-order chi connectivity index (χ1) is 11.7. The summed E-state index contributed by atoms with van der Waals surface area (Å²) in [7, 11) is 0. The molecule has 2 rings (SSSR count). The number of amides is 1. The number of aryl methyl sites for hydroxylation is 1. The van der Waals surface area contributed by atoms with E-state index in [1.54, 1.807) is 12.1 Å². The summed E-state index contributed by atoms with van der Waals surface area (Å²) in [5.41, 5.74) is 3.45. The van der Waals surface area contributed by atoms with Gasteiger partial charge in [-0.2, -0.15) is 0 Å². The molecule has 1 aromatic rings. The molecule has 1 aliphatic rings. The van der Waals surface area contributed by atoms with Gasteiger partial charge in [-0.3, -0.25) is 4.79 Å². The molecule has 24 heavy (non-hydrogen) atoms. The Labute approximate surface area is 144 Å². The quantitative estimate of drug-likeness (QED) is 0.743. The first-order valence-corrected chi connectivity index (χ1v) is 8.96. The monoisotopic (exact) mass is 339 g/mol. The number of nitrogens with one attached hydrogen (secondary N) is 1. The normalized spacial score (nSPS) is 16.9. The SMILES string of the molecule is CCCC.O=C(CCCc1ccc(F)cc1)NOC1CCCCO1. The van der Waals surface area contributed by atoms with Crippen molar-refractivity contribution in [2.45, 2.75) is 71.5 Å². The van der Waals surface area contributed by atoms with Gasteiger partial charge in [-0.15, -0.1) is 0 Å². The lowest BCUT2D eigenvalue weighted by Crippen LogP contribution is -2.33. The first kappa shape index (κ1) is 20.6. The molecule has 1 amide bonds. The van der Waals surface area contributed by atoms with Crippen LogP contribution < -0.4 is 5.48 Å². The van der Waals surface area contributed by atoms with E-state index in [0.29, 0.717) is 19.4 Å². The minimum atomic E-state index is -0.315. The molecule has 0 aliphatic carbocycles. The van der Waals surface area contributed by atoms with Crippen LogP contribution in [-0.2, 0) is 20.8 Å². The third-order valence-electron chi connectivity index (χ3n) is 3.72. The van der Waals surface area contributed by atoms with Crippen LogP contribution in [0.1, 0.15) is 64.4 Å². The molecule has 1 fully saturated rings. The van der Waals surface area contributed by atoms with Crippen LogP contribution in [-0.4, -0.2) is 18.8 Å². The van der Waals surface area contributed by atoms with Crippen molar-refractivity contribution in [3.63, 3.8) is 0 Å². The van der Waals surface area contributed by atoms with E-state index < -0.39 is 0 Å². The number of carbonyl (C=O) groups is 1. The zero-order chi connectivity index (χ0) is 17.6. The second-order valence-electron chi connectivity index (χ2n) is 5.92. The average molecular weight is 339 g/mol. The smallest absolute Gasteiger partial charge is 0.243 e. The third-order valence-corrected chi connectivity index (χ3v) is 3.72. The largest absolute Gasteiger partial charge is 0.350 e. The molecule has 1 aliphatic heterocycles. The number of benzene rings is 1. The Hall–Kier alpha value is -1.46. The lowest BCUT2D eigenvalue weighted by Gasteiger charge is -2.22. The van der Waals surface area contributed by atoms with Crippen LogP contribution in [0, 0.1) is 5.82 Å². The number of hydrogen-bond acceptors (Lipinski definition) is 3. The fourth-order valence-electron chi connectivity index (χ4n) is 2.09. The molecule has 5 heteroatoms. The van der Waals surface area contributed by atoms with E-state index in [1.165, 1.54) is 25.0 Å². The highest BCUT2D eigenvalue weighted by Crippen LogP contribution is 2.12. The number of hydroxylamine groups is 1. The molecule has 0 saturated carbocycles. The molecular weight excluding hydrogens is 309 g/mol. The minimum Gasteiger partial charge on any atom is -0.350 e. The van der Waals surface area contributed by atoms with E-state index in [0.717, 1.165) is 31.2 Å². The molecular formula is C19H30FNO3. The van der Waals surface area contributed by atoms with Crippen LogP contribution in [0.4, 0.5) is 4.39 Å². The zero-order valence-electron chi connectivity index (χ0n) is 14.9. The van der Waals surface area contributed by atoms with Crippen LogP contribution in [0.3, 0.4) is 0 Å². The Balaban J connectivity index is 0.000000648.